The highest BCUT2D eigenvalue weighted by atomic mass is 16.2. The first-order valence-electron chi connectivity index (χ1n) is 10.3. The minimum atomic E-state index is 0.0414. The standard InChI is InChI=1S/C23H30N4O/c1-17-4-6-20(7-5-17)16-27-9-8-21(23(27)28)25-10-12-26(13-11-25)22-19(3)14-18(2)15-24-22/h4-7,14-15,21H,8-13,16H2,1-3H3. The van der Waals surface area contributed by atoms with Crippen LogP contribution in [0.25, 0.3) is 0 Å². The van der Waals surface area contributed by atoms with Crippen molar-refractivity contribution >= 4 is 11.7 Å². The average molecular weight is 379 g/mol. The van der Waals surface area contributed by atoms with Crippen LogP contribution in [0.2, 0.25) is 0 Å². The highest BCUT2D eigenvalue weighted by Gasteiger charge is 2.37. The molecule has 28 heavy (non-hydrogen) atoms. The Kier molecular flexibility index (Phi) is 5.36. The zero-order chi connectivity index (χ0) is 19.7. The van der Waals surface area contributed by atoms with Gasteiger partial charge in [-0.05, 0) is 43.9 Å². The van der Waals surface area contributed by atoms with E-state index in [1.165, 1.54) is 22.3 Å². The smallest absolute Gasteiger partial charge is 0.240 e. The van der Waals surface area contributed by atoms with Crippen molar-refractivity contribution in [1.29, 1.82) is 0 Å². The molecule has 2 fully saturated rings. The maximum absolute atomic E-state index is 13.0. The maximum atomic E-state index is 13.0. The van der Waals surface area contributed by atoms with Crippen molar-refractivity contribution in [2.75, 3.05) is 37.6 Å². The van der Waals surface area contributed by atoms with Crippen LogP contribution in [0.5, 0.6) is 0 Å². The van der Waals surface area contributed by atoms with E-state index in [4.69, 9.17) is 0 Å². The third-order valence-electron chi connectivity index (χ3n) is 6.01. The topological polar surface area (TPSA) is 39.7 Å². The number of rotatable bonds is 4. The molecule has 4 rings (SSSR count). The molecule has 2 aliphatic rings. The molecule has 1 aromatic carbocycles. The van der Waals surface area contributed by atoms with Crippen LogP contribution in [0.1, 0.15) is 28.7 Å². The minimum absolute atomic E-state index is 0.0414. The number of aromatic nitrogens is 1. The van der Waals surface area contributed by atoms with Gasteiger partial charge in [-0.3, -0.25) is 9.69 Å². The SMILES string of the molecule is Cc1ccc(CN2CCC(N3CCN(c4ncc(C)cc4C)CC3)C2=O)cc1. The summed E-state index contributed by atoms with van der Waals surface area (Å²) in [4.78, 5) is 24.4. The van der Waals surface area contributed by atoms with Crippen molar-refractivity contribution in [3.8, 4) is 0 Å². The van der Waals surface area contributed by atoms with E-state index in [9.17, 15) is 4.79 Å². The first-order valence-corrected chi connectivity index (χ1v) is 10.3. The van der Waals surface area contributed by atoms with Gasteiger partial charge in [0.05, 0.1) is 6.04 Å². The van der Waals surface area contributed by atoms with Crippen LogP contribution in [0.15, 0.2) is 36.5 Å². The largest absolute Gasteiger partial charge is 0.354 e. The molecule has 1 atom stereocenters. The van der Waals surface area contributed by atoms with Gasteiger partial charge >= 0.3 is 0 Å². The molecule has 1 amide bonds. The molecule has 1 aromatic heterocycles. The number of anilines is 1. The molecule has 2 saturated heterocycles. The molecular formula is C23H30N4O. The Morgan fingerprint density at radius 3 is 2.36 bits per heavy atom. The van der Waals surface area contributed by atoms with E-state index < -0.39 is 0 Å². The molecule has 2 aliphatic heterocycles. The molecule has 0 N–H and O–H groups in total. The van der Waals surface area contributed by atoms with E-state index in [0.717, 1.165) is 51.5 Å². The molecule has 0 radical (unpaired) electrons. The number of carbonyl (C=O) groups excluding carboxylic acids is 1. The summed E-state index contributed by atoms with van der Waals surface area (Å²) >= 11 is 0. The Balaban J connectivity index is 1.34. The molecule has 0 bridgehead atoms. The first-order chi connectivity index (χ1) is 13.5. The number of pyridine rings is 1. The highest BCUT2D eigenvalue weighted by molar-refractivity contribution is 5.84. The zero-order valence-electron chi connectivity index (χ0n) is 17.2. The predicted molar refractivity (Wildman–Crippen MR) is 112 cm³/mol. The van der Waals surface area contributed by atoms with Gasteiger partial charge in [-0.1, -0.05) is 35.9 Å². The second-order valence-corrected chi connectivity index (χ2v) is 8.23. The lowest BCUT2D eigenvalue weighted by molar-refractivity contribution is -0.132. The van der Waals surface area contributed by atoms with Crippen molar-refractivity contribution in [2.24, 2.45) is 0 Å². The summed E-state index contributed by atoms with van der Waals surface area (Å²) in [6.07, 6.45) is 2.88. The molecule has 0 saturated carbocycles. The summed E-state index contributed by atoms with van der Waals surface area (Å²) in [7, 11) is 0. The fourth-order valence-corrected chi connectivity index (χ4v) is 4.42. The molecule has 0 aliphatic carbocycles. The van der Waals surface area contributed by atoms with E-state index >= 15 is 0 Å². The van der Waals surface area contributed by atoms with Gasteiger partial charge < -0.3 is 9.80 Å². The van der Waals surface area contributed by atoms with Crippen molar-refractivity contribution in [3.05, 3.63) is 58.8 Å². The molecule has 3 heterocycles. The third-order valence-corrected chi connectivity index (χ3v) is 6.01. The zero-order valence-corrected chi connectivity index (χ0v) is 17.2. The number of likely N-dealkylation sites (tertiary alicyclic amines) is 1. The summed E-state index contributed by atoms with van der Waals surface area (Å²) in [5.74, 6) is 1.38. The van der Waals surface area contributed by atoms with Crippen molar-refractivity contribution in [3.63, 3.8) is 0 Å². The van der Waals surface area contributed by atoms with Gasteiger partial charge in [-0.15, -0.1) is 0 Å². The lowest BCUT2D eigenvalue weighted by Crippen LogP contribution is -2.52. The number of benzene rings is 1. The highest BCUT2D eigenvalue weighted by Crippen LogP contribution is 2.24. The quantitative estimate of drug-likeness (QED) is 0.820. The Morgan fingerprint density at radius 2 is 1.68 bits per heavy atom. The Bertz CT molecular complexity index is 840. The molecule has 1 unspecified atom stereocenters. The molecule has 0 spiro atoms. The summed E-state index contributed by atoms with van der Waals surface area (Å²) in [6.45, 7) is 11.6. The number of piperazine rings is 1. The second kappa shape index (κ2) is 7.92. The van der Waals surface area contributed by atoms with Crippen LogP contribution >= 0.6 is 0 Å². The number of nitrogens with zero attached hydrogens (tertiary/aromatic N) is 4. The van der Waals surface area contributed by atoms with Crippen LogP contribution < -0.4 is 4.90 Å². The second-order valence-electron chi connectivity index (χ2n) is 8.23. The average Bonchev–Trinajstić information content (AvgIpc) is 3.04. The van der Waals surface area contributed by atoms with E-state index in [1.807, 2.05) is 11.1 Å². The third kappa shape index (κ3) is 3.90. The maximum Gasteiger partial charge on any atom is 0.240 e. The number of aryl methyl sites for hydroxylation is 3. The van der Waals surface area contributed by atoms with Crippen LogP contribution in [0, 0.1) is 20.8 Å². The van der Waals surface area contributed by atoms with Gasteiger partial charge in [0.1, 0.15) is 5.82 Å². The van der Waals surface area contributed by atoms with Crippen LogP contribution in [-0.2, 0) is 11.3 Å². The number of hydrogen-bond acceptors (Lipinski definition) is 4. The summed E-state index contributed by atoms with van der Waals surface area (Å²) in [6, 6.07) is 10.7. The monoisotopic (exact) mass is 378 g/mol. The number of hydrogen-bond donors (Lipinski definition) is 0. The van der Waals surface area contributed by atoms with Crippen molar-refractivity contribution < 1.29 is 4.79 Å². The summed E-state index contributed by atoms with van der Waals surface area (Å²) in [5.41, 5.74) is 4.90. The molecule has 5 nitrogen and oxygen atoms in total. The van der Waals surface area contributed by atoms with Crippen molar-refractivity contribution in [2.45, 2.75) is 39.8 Å². The Hall–Kier alpha value is -2.40. The van der Waals surface area contributed by atoms with Gasteiger partial charge in [0.2, 0.25) is 5.91 Å². The molecular weight excluding hydrogens is 348 g/mol. The first kappa shape index (κ1) is 18.9. The Labute approximate surface area is 168 Å². The van der Waals surface area contributed by atoms with Gasteiger partial charge in [0.25, 0.3) is 0 Å². The fraction of sp³-hybridized carbons (Fsp3) is 0.478. The summed E-state index contributed by atoms with van der Waals surface area (Å²) in [5, 5.41) is 0. The van der Waals surface area contributed by atoms with E-state index in [2.05, 4.69) is 65.9 Å². The normalized spacial score (nSPS) is 20.8. The fourth-order valence-electron chi connectivity index (χ4n) is 4.42. The molecule has 5 heteroatoms. The van der Waals surface area contributed by atoms with E-state index in [-0.39, 0.29) is 6.04 Å². The Morgan fingerprint density at radius 1 is 0.964 bits per heavy atom. The van der Waals surface area contributed by atoms with Crippen molar-refractivity contribution in [1.82, 2.24) is 14.8 Å². The predicted octanol–water partition coefficient (Wildman–Crippen LogP) is 2.93. The lowest BCUT2D eigenvalue weighted by atomic mass is 10.1. The number of carbonyl (C=O) groups is 1. The van der Waals surface area contributed by atoms with Crippen LogP contribution in [0.3, 0.4) is 0 Å². The van der Waals surface area contributed by atoms with E-state index in [1.54, 1.807) is 0 Å². The minimum Gasteiger partial charge on any atom is -0.354 e. The summed E-state index contributed by atoms with van der Waals surface area (Å²) < 4.78 is 0. The van der Waals surface area contributed by atoms with Gasteiger partial charge in [0.15, 0.2) is 0 Å². The van der Waals surface area contributed by atoms with Crippen LogP contribution in [-0.4, -0.2) is 59.5 Å². The van der Waals surface area contributed by atoms with E-state index in [0.29, 0.717) is 5.91 Å². The lowest BCUT2D eigenvalue weighted by Gasteiger charge is -2.38. The van der Waals surface area contributed by atoms with Crippen LogP contribution in [0.4, 0.5) is 5.82 Å². The molecule has 148 valence electrons. The van der Waals surface area contributed by atoms with Gasteiger partial charge in [0, 0.05) is 45.5 Å². The number of amides is 1. The van der Waals surface area contributed by atoms with Gasteiger partial charge in [-0.25, -0.2) is 4.98 Å². The molecule has 2 aromatic rings. The van der Waals surface area contributed by atoms with Gasteiger partial charge in [-0.2, -0.15) is 0 Å².